The molecule has 24 heavy (non-hydrogen) atoms. The smallest absolute Gasteiger partial charge is 0.335 e. The Balaban J connectivity index is 1.89. The highest BCUT2D eigenvalue weighted by Crippen LogP contribution is 2.15. The van der Waals surface area contributed by atoms with Crippen LogP contribution in [0.5, 0.6) is 0 Å². The van der Waals surface area contributed by atoms with Gasteiger partial charge in [0.1, 0.15) is 0 Å². The zero-order valence-corrected chi connectivity index (χ0v) is 13.0. The van der Waals surface area contributed by atoms with Gasteiger partial charge in [0, 0.05) is 24.8 Å². The van der Waals surface area contributed by atoms with E-state index in [0.717, 1.165) is 5.56 Å². The van der Waals surface area contributed by atoms with Crippen molar-refractivity contribution < 1.29 is 19.5 Å². The van der Waals surface area contributed by atoms with Crippen molar-refractivity contribution >= 4 is 29.3 Å². The Morgan fingerprint density at radius 1 is 0.958 bits per heavy atom. The van der Waals surface area contributed by atoms with Gasteiger partial charge in [-0.05, 0) is 35.9 Å². The van der Waals surface area contributed by atoms with Crippen LogP contribution in [0.2, 0.25) is 0 Å². The van der Waals surface area contributed by atoms with Crippen LogP contribution in [-0.2, 0) is 11.3 Å². The topological polar surface area (TPSA) is 108 Å². The number of rotatable bonds is 5. The third kappa shape index (κ3) is 5.13. The predicted molar refractivity (Wildman–Crippen MR) is 90.0 cm³/mol. The lowest BCUT2D eigenvalue weighted by molar-refractivity contribution is -0.114. The normalized spacial score (nSPS) is 9.88. The fraction of sp³-hybridized carbons (Fsp3) is 0.118. The van der Waals surface area contributed by atoms with Gasteiger partial charge in [-0.25, -0.2) is 9.59 Å². The molecule has 2 aromatic rings. The van der Waals surface area contributed by atoms with E-state index in [4.69, 9.17) is 5.11 Å². The third-order valence-corrected chi connectivity index (χ3v) is 3.09. The van der Waals surface area contributed by atoms with Crippen LogP contribution in [0, 0.1) is 0 Å². The number of nitrogens with one attached hydrogen (secondary N) is 3. The number of amides is 3. The lowest BCUT2D eigenvalue weighted by Crippen LogP contribution is -2.28. The number of aromatic carboxylic acids is 1. The maximum Gasteiger partial charge on any atom is 0.335 e. The van der Waals surface area contributed by atoms with Gasteiger partial charge in [0.15, 0.2) is 0 Å². The minimum absolute atomic E-state index is 0.193. The van der Waals surface area contributed by atoms with Gasteiger partial charge >= 0.3 is 12.0 Å². The van der Waals surface area contributed by atoms with Crippen molar-refractivity contribution in [1.82, 2.24) is 5.32 Å². The molecule has 0 atom stereocenters. The number of benzene rings is 2. The number of carbonyl (C=O) groups is 3. The molecule has 0 saturated heterocycles. The first kappa shape index (κ1) is 17.0. The lowest BCUT2D eigenvalue weighted by atomic mass is 10.1. The first-order chi connectivity index (χ1) is 11.4. The summed E-state index contributed by atoms with van der Waals surface area (Å²) in [6, 6.07) is 12.6. The number of hydrogen-bond donors (Lipinski definition) is 4. The van der Waals surface area contributed by atoms with Crippen LogP contribution in [0.25, 0.3) is 0 Å². The molecule has 0 aromatic heterocycles. The predicted octanol–water partition coefficient (Wildman–Crippen LogP) is 2.66. The summed E-state index contributed by atoms with van der Waals surface area (Å²) in [5.41, 5.74) is 2.10. The number of carbonyl (C=O) groups excluding carboxylic acids is 2. The molecule has 4 N–H and O–H groups in total. The van der Waals surface area contributed by atoms with Crippen molar-refractivity contribution in [2.45, 2.75) is 13.5 Å². The van der Waals surface area contributed by atoms with E-state index < -0.39 is 12.0 Å². The summed E-state index contributed by atoms with van der Waals surface area (Å²) in [4.78, 5) is 33.7. The highest BCUT2D eigenvalue weighted by Gasteiger charge is 2.05. The van der Waals surface area contributed by atoms with Crippen molar-refractivity contribution in [1.29, 1.82) is 0 Å². The van der Waals surface area contributed by atoms with Gasteiger partial charge in [-0.2, -0.15) is 0 Å². The first-order valence-electron chi connectivity index (χ1n) is 7.19. The van der Waals surface area contributed by atoms with Gasteiger partial charge < -0.3 is 21.1 Å². The SMILES string of the molecule is CC(=O)Nc1cccc(NC(=O)NCc2ccc(C(=O)O)cc2)c1. The summed E-state index contributed by atoms with van der Waals surface area (Å²) >= 11 is 0. The zero-order valence-electron chi connectivity index (χ0n) is 13.0. The highest BCUT2D eigenvalue weighted by molar-refractivity contribution is 5.92. The molecule has 0 unspecified atom stereocenters. The van der Waals surface area contributed by atoms with E-state index in [9.17, 15) is 14.4 Å². The number of anilines is 2. The number of urea groups is 1. The van der Waals surface area contributed by atoms with Crippen LogP contribution in [0.1, 0.15) is 22.8 Å². The summed E-state index contributed by atoms with van der Waals surface area (Å²) in [5.74, 6) is -1.19. The van der Waals surface area contributed by atoms with E-state index in [1.165, 1.54) is 19.1 Å². The van der Waals surface area contributed by atoms with Gasteiger partial charge in [0.2, 0.25) is 5.91 Å². The average Bonchev–Trinajstić information content (AvgIpc) is 2.53. The molecule has 0 saturated carbocycles. The minimum atomic E-state index is -0.994. The molecule has 3 amide bonds. The molecule has 2 aromatic carbocycles. The summed E-state index contributed by atoms with van der Waals surface area (Å²) in [6.07, 6.45) is 0. The van der Waals surface area contributed by atoms with Crippen LogP contribution in [0.3, 0.4) is 0 Å². The van der Waals surface area contributed by atoms with E-state index >= 15 is 0 Å². The molecule has 0 spiro atoms. The van der Waals surface area contributed by atoms with Crippen molar-refractivity contribution in [3.8, 4) is 0 Å². The second-order valence-corrected chi connectivity index (χ2v) is 5.07. The Bertz CT molecular complexity index is 757. The molecule has 7 nitrogen and oxygen atoms in total. The molecule has 7 heteroatoms. The standard InChI is InChI=1S/C17H17N3O4/c1-11(21)19-14-3-2-4-15(9-14)20-17(24)18-10-12-5-7-13(8-6-12)16(22)23/h2-9H,10H2,1H3,(H,19,21)(H,22,23)(H2,18,20,24). The fourth-order valence-corrected chi connectivity index (χ4v) is 2.00. The van der Waals surface area contributed by atoms with Crippen LogP contribution >= 0.6 is 0 Å². The quantitative estimate of drug-likeness (QED) is 0.677. The number of hydrogen-bond acceptors (Lipinski definition) is 3. The van der Waals surface area contributed by atoms with Gasteiger partial charge in [-0.1, -0.05) is 18.2 Å². The van der Waals surface area contributed by atoms with Crippen molar-refractivity contribution in [3.63, 3.8) is 0 Å². The molecule has 0 fully saturated rings. The van der Waals surface area contributed by atoms with Gasteiger partial charge in [-0.15, -0.1) is 0 Å². The largest absolute Gasteiger partial charge is 0.478 e. The molecular formula is C17H17N3O4. The van der Waals surface area contributed by atoms with E-state index in [2.05, 4.69) is 16.0 Å². The Morgan fingerprint density at radius 2 is 1.58 bits per heavy atom. The third-order valence-electron chi connectivity index (χ3n) is 3.09. The minimum Gasteiger partial charge on any atom is -0.478 e. The van der Waals surface area contributed by atoms with E-state index in [-0.39, 0.29) is 18.0 Å². The Hall–Kier alpha value is -3.35. The van der Waals surface area contributed by atoms with Gasteiger partial charge in [-0.3, -0.25) is 4.79 Å². The highest BCUT2D eigenvalue weighted by atomic mass is 16.4. The zero-order chi connectivity index (χ0) is 17.5. The lowest BCUT2D eigenvalue weighted by Gasteiger charge is -2.09. The maximum atomic E-state index is 11.9. The summed E-state index contributed by atoms with van der Waals surface area (Å²) in [6.45, 7) is 1.67. The molecule has 0 aliphatic heterocycles. The van der Waals surface area contributed by atoms with Crippen LogP contribution < -0.4 is 16.0 Å². The van der Waals surface area contributed by atoms with Crippen LogP contribution in [0.15, 0.2) is 48.5 Å². The molecule has 0 heterocycles. The maximum absolute atomic E-state index is 11.9. The number of carboxylic acids is 1. The second-order valence-electron chi connectivity index (χ2n) is 5.07. The second kappa shape index (κ2) is 7.77. The van der Waals surface area contributed by atoms with Crippen molar-refractivity contribution in [3.05, 3.63) is 59.7 Å². The van der Waals surface area contributed by atoms with Gasteiger partial charge in [0.05, 0.1) is 5.56 Å². The molecule has 2 rings (SSSR count). The number of carboxylic acid groups (broad SMARTS) is 1. The van der Waals surface area contributed by atoms with Gasteiger partial charge in [0.25, 0.3) is 0 Å². The van der Waals surface area contributed by atoms with Crippen LogP contribution in [0.4, 0.5) is 16.2 Å². The Labute approximate surface area is 138 Å². The van der Waals surface area contributed by atoms with E-state index in [1.807, 2.05) is 0 Å². The molecular weight excluding hydrogens is 310 g/mol. The van der Waals surface area contributed by atoms with Crippen molar-refractivity contribution in [2.75, 3.05) is 10.6 Å². The molecule has 0 radical (unpaired) electrons. The Kier molecular flexibility index (Phi) is 5.51. The first-order valence-corrected chi connectivity index (χ1v) is 7.19. The molecule has 0 aliphatic rings. The van der Waals surface area contributed by atoms with Crippen LogP contribution in [-0.4, -0.2) is 23.0 Å². The fourth-order valence-electron chi connectivity index (χ4n) is 2.00. The monoisotopic (exact) mass is 327 g/mol. The Morgan fingerprint density at radius 3 is 2.17 bits per heavy atom. The van der Waals surface area contributed by atoms with E-state index in [1.54, 1.807) is 36.4 Å². The van der Waals surface area contributed by atoms with Crippen molar-refractivity contribution in [2.24, 2.45) is 0 Å². The molecule has 124 valence electrons. The molecule has 0 bridgehead atoms. The average molecular weight is 327 g/mol. The summed E-state index contributed by atoms with van der Waals surface area (Å²) in [5, 5.41) is 16.8. The molecule has 0 aliphatic carbocycles. The summed E-state index contributed by atoms with van der Waals surface area (Å²) in [7, 11) is 0. The summed E-state index contributed by atoms with van der Waals surface area (Å²) < 4.78 is 0. The van der Waals surface area contributed by atoms with E-state index in [0.29, 0.717) is 11.4 Å².